The van der Waals surface area contributed by atoms with E-state index in [2.05, 4.69) is 64.5 Å². The third kappa shape index (κ3) is 5.78. The maximum atomic E-state index is 5.91. The molecule has 0 unspecified atom stereocenters. The van der Waals surface area contributed by atoms with Crippen LogP contribution in [0.3, 0.4) is 0 Å². The summed E-state index contributed by atoms with van der Waals surface area (Å²) in [5.41, 5.74) is 5.67. The van der Waals surface area contributed by atoms with E-state index in [1.165, 1.54) is 68.1 Å². The molecule has 0 bridgehead atoms. The van der Waals surface area contributed by atoms with E-state index in [1.807, 2.05) is 6.08 Å². The van der Waals surface area contributed by atoms with E-state index in [4.69, 9.17) is 16.3 Å². The van der Waals surface area contributed by atoms with E-state index in [1.54, 1.807) is 5.54 Å². The minimum absolute atomic E-state index is 0.440. The molecular formula is C27H32BrClO. The Balaban J connectivity index is 1.25. The maximum absolute atomic E-state index is 5.91. The Hall–Kier alpha value is -1.09. The average molecular weight is 488 g/mol. The molecule has 0 saturated heterocycles. The minimum atomic E-state index is 0.440. The smallest absolute Gasteiger partial charge is 0.0662 e. The van der Waals surface area contributed by atoms with Gasteiger partial charge in [0.25, 0.3) is 0 Å². The molecule has 0 aliphatic heterocycles. The van der Waals surface area contributed by atoms with Gasteiger partial charge in [0, 0.05) is 10.0 Å². The highest BCUT2D eigenvalue weighted by atomic mass is 79.9. The van der Waals surface area contributed by atoms with Gasteiger partial charge in [0.05, 0.1) is 12.7 Å². The summed E-state index contributed by atoms with van der Waals surface area (Å²) in [7, 11) is 0. The van der Waals surface area contributed by atoms with E-state index in [0.717, 1.165) is 22.2 Å². The predicted molar refractivity (Wildman–Crippen MR) is 131 cm³/mol. The van der Waals surface area contributed by atoms with Gasteiger partial charge in [-0.3, -0.25) is 0 Å². The molecule has 2 fully saturated rings. The summed E-state index contributed by atoms with van der Waals surface area (Å²) < 4.78 is 7.04. The highest BCUT2D eigenvalue weighted by molar-refractivity contribution is 9.10. The molecule has 0 heterocycles. The van der Waals surface area contributed by atoms with Crippen LogP contribution in [0, 0.1) is 11.8 Å². The highest BCUT2D eigenvalue weighted by Gasteiger charge is 2.31. The zero-order valence-corrected chi connectivity index (χ0v) is 20.0. The van der Waals surface area contributed by atoms with Crippen LogP contribution in [0.1, 0.15) is 62.8 Å². The van der Waals surface area contributed by atoms with Crippen molar-refractivity contribution in [2.24, 2.45) is 11.8 Å². The molecule has 0 amide bonds. The van der Waals surface area contributed by atoms with Crippen LogP contribution >= 0.6 is 27.5 Å². The zero-order valence-electron chi connectivity index (χ0n) is 17.6. The van der Waals surface area contributed by atoms with Crippen LogP contribution in [0.5, 0.6) is 0 Å². The number of rotatable bonds is 6. The summed E-state index contributed by atoms with van der Waals surface area (Å²) in [6.07, 6.45) is 12.9. The molecule has 2 aliphatic carbocycles. The van der Waals surface area contributed by atoms with Crippen molar-refractivity contribution < 1.29 is 4.74 Å². The third-order valence-corrected chi connectivity index (χ3v) is 7.94. The molecular weight excluding hydrogens is 456 g/mol. The molecule has 0 N–H and O–H groups in total. The summed E-state index contributed by atoms with van der Waals surface area (Å²) in [4.78, 5) is 0. The van der Waals surface area contributed by atoms with Crippen LogP contribution in [-0.2, 0) is 4.74 Å². The first-order valence-electron chi connectivity index (χ1n) is 11.5. The number of hydrogen-bond acceptors (Lipinski definition) is 1. The first-order chi connectivity index (χ1) is 14.7. The lowest BCUT2D eigenvalue weighted by Gasteiger charge is -2.38. The van der Waals surface area contributed by atoms with Gasteiger partial charge in [0.1, 0.15) is 0 Å². The Morgan fingerprint density at radius 2 is 1.30 bits per heavy atom. The van der Waals surface area contributed by atoms with Crippen LogP contribution < -0.4 is 0 Å². The van der Waals surface area contributed by atoms with Gasteiger partial charge in [0.2, 0.25) is 0 Å². The Kier molecular flexibility index (Phi) is 8.09. The topological polar surface area (TPSA) is 9.23 Å². The first kappa shape index (κ1) is 22.1. The number of benzene rings is 2. The Labute approximate surface area is 195 Å². The van der Waals surface area contributed by atoms with Crippen LogP contribution in [0.15, 0.2) is 64.6 Å². The Bertz CT molecular complexity index is 798. The van der Waals surface area contributed by atoms with Gasteiger partial charge >= 0.3 is 0 Å². The van der Waals surface area contributed by atoms with Crippen molar-refractivity contribution in [3.05, 3.63) is 70.2 Å². The lowest BCUT2D eigenvalue weighted by Crippen LogP contribution is -2.28. The van der Waals surface area contributed by atoms with Gasteiger partial charge in [-0.05, 0) is 104 Å². The molecule has 160 valence electrons. The molecule has 3 heteroatoms. The lowest BCUT2D eigenvalue weighted by molar-refractivity contribution is 0.0223. The molecule has 0 aromatic heterocycles. The molecule has 2 aromatic rings. The standard InChI is InChI=1S/C27H32BrClO/c28-26-14-10-24(11-15-26)22-6-2-20(3-7-22)21-4-8-23(9-5-21)25-12-16-27(17-13-25)30-19-1-18-29/h1-3,6-7,10-11,14-15,18,21,23,25,27H,4-5,8-9,12-13,16-17,19H2. The van der Waals surface area contributed by atoms with E-state index < -0.39 is 0 Å². The number of hydrogen-bond donors (Lipinski definition) is 0. The molecule has 0 atom stereocenters. The molecule has 30 heavy (non-hydrogen) atoms. The van der Waals surface area contributed by atoms with Gasteiger partial charge in [0.15, 0.2) is 0 Å². The summed E-state index contributed by atoms with van der Waals surface area (Å²) in [5.74, 6) is 2.57. The van der Waals surface area contributed by atoms with Crippen molar-refractivity contribution in [3.63, 3.8) is 0 Å². The summed E-state index contributed by atoms with van der Waals surface area (Å²) >= 11 is 9.10. The highest BCUT2D eigenvalue weighted by Crippen LogP contribution is 2.43. The Morgan fingerprint density at radius 1 is 0.767 bits per heavy atom. The quantitative estimate of drug-likeness (QED) is 0.396. The average Bonchev–Trinajstić information content (AvgIpc) is 2.81. The van der Waals surface area contributed by atoms with Crippen molar-refractivity contribution in [1.82, 2.24) is 0 Å². The van der Waals surface area contributed by atoms with Crippen molar-refractivity contribution in [2.45, 2.75) is 63.4 Å². The van der Waals surface area contributed by atoms with Gasteiger partial charge in [-0.15, -0.1) is 0 Å². The predicted octanol–water partition coefficient (Wildman–Crippen LogP) is 8.72. The van der Waals surface area contributed by atoms with Crippen molar-refractivity contribution in [3.8, 4) is 11.1 Å². The molecule has 0 radical (unpaired) electrons. The van der Waals surface area contributed by atoms with Gasteiger partial charge in [-0.25, -0.2) is 0 Å². The van der Waals surface area contributed by atoms with E-state index in [0.29, 0.717) is 12.7 Å². The molecule has 2 aliphatic rings. The molecule has 0 spiro atoms. The third-order valence-electron chi connectivity index (χ3n) is 7.23. The SMILES string of the molecule is ClC=CCOC1CCC(C2CCC(c3ccc(-c4ccc(Br)cc4)cc3)CC2)CC1. The van der Waals surface area contributed by atoms with Crippen molar-refractivity contribution >= 4 is 27.5 Å². The largest absolute Gasteiger partial charge is 0.374 e. The van der Waals surface area contributed by atoms with Crippen molar-refractivity contribution in [1.29, 1.82) is 0 Å². The zero-order chi connectivity index (χ0) is 20.8. The normalized spacial score (nSPS) is 27.4. The van der Waals surface area contributed by atoms with Gasteiger partial charge in [-0.2, -0.15) is 0 Å². The van der Waals surface area contributed by atoms with Crippen LogP contribution in [0.25, 0.3) is 11.1 Å². The number of halogens is 2. The molecule has 2 saturated carbocycles. The van der Waals surface area contributed by atoms with Crippen LogP contribution in [-0.4, -0.2) is 12.7 Å². The fourth-order valence-electron chi connectivity index (χ4n) is 5.47. The minimum Gasteiger partial charge on any atom is -0.374 e. The Morgan fingerprint density at radius 3 is 1.87 bits per heavy atom. The second-order valence-corrected chi connectivity index (χ2v) is 10.1. The fourth-order valence-corrected chi connectivity index (χ4v) is 5.81. The maximum Gasteiger partial charge on any atom is 0.0662 e. The van der Waals surface area contributed by atoms with E-state index in [-0.39, 0.29) is 0 Å². The van der Waals surface area contributed by atoms with Crippen molar-refractivity contribution in [2.75, 3.05) is 6.61 Å². The summed E-state index contributed by atoms with van der Waals surface area (Å²) in [6, 6.07) is 17.9. The fraction of sp³-hybridized carbons (Fsp3) is 0.481. The molecule has 1 nitrogen and oxygen atoms in total. The first-order valence-corrected chi connectivity index (χ1v) is 12.7. The molecule has 4 rings (SSSR count). The van der Waals surface area contributed by atoms with Gasteiger partial charge < -0.3 is 4.74 Å². The molecule has 2 aromatic carbocycles. The van der Waals surface area contributed by atoms with E-state index in [9.17, 15) is 0 Å². The second-order valence-electron chi connectivity index (χ2n) is 8.97. The number of ether oxygens (including phenoxy) is 1. The van der Waals surface area contributed by atoms with Crippen LogP contribution in [0.4, 0.5) is 0 Å². The monoisotopic (exact) mass is 486 g/mol. The summed E-state index contributed by atoms with van der Waals surface area (Å²) in [6.45, 7) is 0.657. The van der Waals surface area contributed by atoms with Gasteiger partial charge in [-0.1, -0.05) is 63.9 Å². The second kappa shape index (κ2) is 11.0. The summed E-state index contributed by atoms with van der Waals surface area (Å²) in [5, 5.41) is 0. The van der Waals surface area contributed by atoms with E-state index >= 15 is 0 Å². The lowest BCUT2D eigenvalue weighted by atomic mass is 9.69. The van der Waals surface area contributed by atoms with Crippen LogP contribution in [0.2, 0.25) is 0 Å².